The zero-order valence-corrected chi connectivity index (χ0v) is 13.1. The third kappa shape index (κ3) is 8.02. The largest absolute Gasteiger partial charge is 0.214 e. The van der Waals surface area contributed by atoms with Crippen LogP contribution < -0.4 is 4.72 Å². The molecule has 0 aliphatic carbocycles. The zero-order valence-electron chi connectivity index (χ0n) is 11.5. The molecule has 0 atom stereocenters. The number of hydrogen-bond donors (Lipinski definition) is 1. The molecule has 1 N–H and O–H groups in total. The summed E-state index contributed by atoms with van der Waals surface area (Å²) in [6, 6.07) is 0. The lowest BCUT2D eigenvalue weighted by atomic mass is 10.1. The first kappa shape index (κ1) is 17.8. The maximum atomic E-state index is 11.5. The van der Waals surface area contributed by atoms with Gasteiger partial charge in [-0.1, -0.05) is 13.8 Å². The molecule has 0 saturated carbocycles. The normalized spacial score (nSPS) is 13.4. The molecule has 0 rings (SSSR count). The third-order valence-electron chi connectivity index (χ3n) is 2.49. The van der Waals surface area contributed by atoms with Crippen molar-refractivity contribution >= 4 is 20.0 Å². The van der Waals surface area contributed by atoms with E-state index in [2.05, 4.69) is 4.72 Å². The predicted molar refractivity (Wildman–Crippen MR) is 73.3 cm³/mol. The van der Waals surface area contributed by atoms with E-state index in [0.717, 1.165) is 12.7 Å². The molecule has 0 radical (unpaired) electrons. The van der Waals surface area contributed by atoms with Crippen molar-refractivity contribution in [2.24, 2.45) is 5.92 Å². The summed E-state index contributed by atoms with van der Waals surface area (Å²) in [5, 5.41) is 0. The Bertz CT molecular complexity index is 429. The van der Waals surface area contributed by atoms with Gasteiger partial charge in [-0.05, 0) is 19.3 Å². The molecule has 0 bridgehead atoms. The highest BCUT2D eigenvalue weighted by atomic mass is 32.2. The molecule has 8 heteroatoms. The number of rotatable bonds is 9. The lowest BCUT2D eigenvalue weighted by Gasteiger charge is -2.20. The summed E-state index contributed by atoms with van der Waals surface area (Å²) < 4.78 is 49.1. The third-order valence-corrected chi connectivity index (χ3v) is 5.20. The fourth-order valence-corrected chi connectivity index (χ4v) is 2.74. The van der Waals surface area contributed by atoms with E-state index in [1.165, 1.54) is 11.2 Å². The highest BCUT2D eigenvalue weighted by molar-refractivity contribution is 7.89. The summed E-state index contributed by atoms with van der Waals surface area (Å²) in [6.07, 6.45) is 1.90. The lowest BCUT2D eigenvalue weighted by molar-refractivity contribution is 0.385. The van der Waals surface area contributed by atoms with Gasteiger partial charge in [0.1, 0.15) is 0 Å². The Labute approximate surface area is 111 Å². The highest BCUT2D eigenvalue weighted by Crippen LogP contribution is 2.05. The molecule has 110 valence electrons. The van der Waals surface area contributed by atoms with Gasteiger partial charge in [-0.2, -0.15) is 0 Å². The van der Waals surface area contributed by atoms with Crippen molar-refractivity contribution in [1.29, 1.82) is 0 Å². The average molecular weight is 300 g/mol. The summed E-state index contributed by atoms with van der Waals surface area (Å²) in [5.41, 5.74) is 0. The number of hydrogen-bond acceptors (Lipinski definition) is 4. The molecule has 18 heavy (non-hydrogen) atoms. The molecule has 6 nitrogen and oxygen atoms in total. The van der Waals surface area contributed by atoms with Gasteiger partial charge in [0.2, 0.25) is 20.0 Å². The van der Waals surface area contributed by atoms with Crippen molar-refractivity contribution in [2.45, 2.75) is 27.2 Å². The second kappa shape index (κ2) is 7.42. The molecular formula is C10H24N2O4S2. The number of nitrogens with one attached hydrogen (secondary N) is 1. The van der Waals surface area contributed by atoms with E-state index in [1.54, 1.807) is 0 Å². The molecule has 0 amide bonds. The van der Waals surface area contributed by atoms with Gasteiger partial charge in [0, 0.05) is 19.6 Å². The van der Waals surface area contributed by atoms with Crippen LogP contribution in [0.5, 0.6) is 0 Å². The second-order valence-corrected chi connectivity index (χ2v) is 8.72. The van der Waals surface area contributed by atoms with Crippen LogP contribution in [0.25, 0.3) is 0 Å². The molecular weight excluding hydrogens is 276 g/mol. The fourth-order valence-electron chi connectivity index (χ4n) is 1.27. The predicted octanol–water partition coefficient (Wildman–Crippen LogP) is 0.233. The van der Waals surface area contributed by atoms with Gasteiger partial charge in [-0.25, -0.2) is 25.9 Å². The fraction of sp³-hybridized carbons (Fsp3) is 1.00. The van der Waals surface area contributed by atoms with Gasteiger partial charge in [-0.3, -0.25) is 0 Å². The van der Waals surface area contributed by atoms with Crippen molar-refractivity contribution < 1.29 is 16.8 Å². The van der Waals surface area contributed by atoms with Gasteiger partial charge < -0.3 is 0 Å². The molecule has 0 aromatic heterocycles. The minimum atomic E-state index is -3.29. The van der Waals surface area contributed by atoms with E-state index >= 15 is 0 Å². The van der Waals surface area contributed by atoms with Crippen LogP contribution in [0, 0.1) is 5.92 Å². The first-order valence-corrected chi connectivity index (χ1v) is 9.51. The molecule has 0 fully saturated rings. The zero-order chi connectivity index (χ0) is 14.4. The minimum Gasteiger partial charge on any atom is -0.214 e. The minimum absolute atomic E-state index is 0.00211. The Morgan fingerprint density at radius 2 is 1.67 bits per heavy atom. The molecule has 0 spiro atoms. The summed E-state index contributed by atoms with van der Waals surface area (Å²) >= 11 is 0. The van der Waals surface area contributed by atoms with Crippen molar-refractivity contribution in [3.63, 3.8) is 0 Å². The standard InChI is InChI=1S/C10H24N2O4S2/c1-5-18(15,16)11-7-9-12(17(4,13)14)8-6-10(2)3/h10-11H,5-9H2,1-4H3. The molecule has 0 saturated heterocycles. The summed E-state index contributed by atoms with van der Waals surface area (Å²) in [4.78, 5) is 0. The van der Waals surface area contributed by atoms with Crippen LogP contribution in [-0.2, 0) is 20.0 Å². The molecule has 0 aliphatic heterocycles. The SMILES string of the molecule is CCS(=O)(=O)NCCN(CCC(C)C)S(C)(=O)=O. The quantitative estimate of drug-likeness (QED) is 0.661. The van der Waals surface area contributed by atoms with E-state index < -0.39 is 20.0 Å². The van der Waals surface area contributed by atoms with Crippen LogP contribution in [0.15, 0.2) is 0 Å². The second-order valence-electron chi connectivity index (χ2n) is 4.64. The van der Waals surface area contributed by atoms with Crippen LogP contribution in [-0.4, -0.2) is 52.8 Å². The topological polar surface area (TPSA) is 83.6 Å². The first-order valence-electron chi connectivity index (χ1n) is 6.01. The summed E-state index contributed by atoms with van der Waals surface area (Å²) in [5.74, 6) is 0.402. The van der Waals surface area contributed by atoms with Gasteiger partial charge in [0.25, 0.3) is 0 Å². The Hall–Kier alpha value is -0.180. The van der Waals surface area contributed by atoms with Gasteiger partial charge in [0.15, 0.2) is 0 Å². The van der Waals surface area contributed by atoms with Gasteiger partial charge >= 0.3 is 0 Å². The van der Waals surface area contributed by atoms with Crippen molar-refractivity contribution in [2.75, 3.05) is 31.6 Å². The van der Waals surface area contributed by atoms with E-state index in [9.17, 15) is 16.8 Å². The van der Waals surface area contributed by atoms with Gasteiger partial charge in [0.05, 0.1) is 12.0 Å². The van der Waals surface area contributed by atoms with Crippen LogP contribution in [0.2, 0.25) is 0 Å². The maximum absolute atomic E-state index is 11.5. The van der Waals surface area contributed by atoms with E-state index in [4.69, 9.17) is 0 Å². The van der Waals surface area contributed by atoms with Crippen LogP contribution in [0.4, 0.5) is 0 Å². The van der Waals surface area contributed by atoms with Crippen LogP contribution in [0.1, 0.15) is 27.2 Å². The lowest BCUT2D eigenvalue weighted by Crippen LogP contribution is -2.39. The highest BCUT2D eigenvalue weighted by Gasteiger charge is 2.17. The molecule has 0 heterocycles. The molecule has 0 aromatic carbocycles. The molecule has 0 aliphatic rings. The Morgan fingerprint density at radius 1 is 1.11 bits per heavy atom. The number of sulfonamides is 2. The molecule has 0 unspecified atom stereocenters. The Balaban J connectivity index is 4.36. The van der Waals surface area contributed by atoms with E-state index in [-0.39, 0.29) is 18.8 Å². The smallest absolute Gasteiger partial charge is 0.211 e. The van der Waals surface area contributed by atoms with E-state index in [0.29, 0.717) is 12.5 Å². The van der Waals surface area contributed by atoms with E-state index in [1.807, 2.05) is 13.8 Å². The van der Waals surface area contributed by atoms with Crippen molar-refractivity contribution in [1.82, 2.24) is 9.03 Å². The van der Waals surface area contributed by atoms with Crippen LogP contribution >= 0.6 is 0 Å². The average Bonchev–Trinajstić information content (AvgIpc) is 2.20. The van der Waals surface area contributed by atoms with Crippen LogP contribution in [0.3, 0.4) is 0 Å². The summed E-state index contributed by atoms with van der Waals surface area (Å²) in [7, 11) is -6.55. The first-order chi connectivity index (χ1) is 8.08. The Morgan fingerprint density at radius 3 is 2.06 bits per heavy atom. The Kier molecular flexibility index (Phi) is 7.34. The summed E-state index contributed by atoms with van der Waals surface area (Å²) in [6.45, 7) is 6.27. The van der Waals surface area contributed by atoms with Crippen molar-refractivity contribution in [3.8, 4) is 0 Å². The molecule has 0 aromatic rings. The maximum Gasteiger partial charge on any atom is 0.211 e. The monoisotopic (exact) mass is 300 g/mol. The van der Waals surface area contributed by atoms with Crippen molar-refractivity contribution in [3.05, 3.63) is 0 Å². The number of nitrogens with zero attached hydrogens (tertiary/aromatic N) is 1. The van der Waals surface area contributed by atoms with Gasteiger partial charge in [-0.15, -0.1) is 0 Å².